The molecule has 0 radical (unpaired) electrons. The van der Waals surface area contributed by atoms with Gasteiger partial charge in [-0.05, 0) is 70.6 Å². The standard InChI is InChI=1S/C35H54O6/c1-7-8-9-10-11-12-13-14-15-16-17-18-19-23-35(38)39-27-26-33(28-40-31(5)36)34(41-32(6)37)25-24-30(4)22-20-21-29(2)3/h12-13,21,24,26,34H,7-11,14-19,23,25,27-28H2,1-6H3/b13-12+,30-24+,33-26+. The van der Waals surface area contributed by atoms with Gasteiger partial charge in [0.2, 0.25) is 0 Å². The van der Waals surface area contributed by atoms with Gasteiger partial charge < -0.3 is 14.2 Å². The number of esters is 3. The van der Waals surface area contributed by atoms with Gasteiger partial charge in [0.05, 0.1) is 0 Å². The summed E-state index contributed by atoms with van der Waals surface area (Å²) in [6.45, 7) is 10.7. The van der Waals surface area contributed by atoms with E-state index in [-0.39, 0.29) is 19.2 Å². The maximum atomic E-state index is 12.2. The summed E-state index contributed by atoms with van der Waals surface area (Å²) in [6.07, 6.45) is 22.8. The molecule has 0 fully saturated rings. The van der Waals surface area contributed by atoms with Gasteiger partial charge in [-0.25, -0.2) is 0 Å². The van der Waals surface area contributed by atoms with E-state index in [2.05, 4.69) is 30.9 Å². The molecule has 0 N–H and O–H groups in total. The molecule has 6 nitrogen and oxygen atoms in total. The Kier molecular flexibility index (Phi) is 23.9. The van der Waals surface area contributed by atoms with Gasteiger partial charge in [-0.2, -0.15) is 0 Å². The highest BCUT2D eigenvalue weighted by molar-refractivity contribution is 5.69. The van der Waals surface area contributed by atoms with Crippen LogP contribution < -0.4 is 0 Å². The topological polar surface area (TPSA) is 78.9 Å². The average Bonchev–Trinajstić information content (AvgIpc) is 2.90. The van der Waals surface area contributed by atoms with E-state index in [1.54, 1.807) is 6.08 Å². The van der Waals surface area contributed by atoms with E-state index in [9.17, 15) is 14.4 Å². The molecule has 0 spiro atoms. The van der Waals surface area contributed by atoms with Crippen molar-refractivity contribution in [1.29, 1.82) is 0 Å². The number of rotatable bonds is 21. The zero-order valence-corrected chi connectivity index (χ0v) is 26.5. The normalized spacial score (nSPS) is 12.3. The predicted octanol–water partition coefficient (Wildman–Crippen LogP) is 8.51. The number of hydrogen-bond donors (Lipinski definition) is 0. The maximum Gasteiger partial charge on any atom is 0.306 e. The van der Waals surface area contributed by atoms with Gasteiger partial charge in [0.1, 0.15) is 19.3 Å². The lowest BCUT2D eigenvalue weighted by Crippen LogP contribution is -2.23. The smallest absolute Gasteiger partial charge is 0.306 e. The number of carbonyl (C=O) groups excluding carboxylic acids is 3. The van der Waals surface area contributed by atoms with Crippen molar-refractivity contribution in [1.82, 2.24) is 0 Å². The zero-order chi connectivity index (χ0) is 30.7. The highest BCUT2D eigenvalue weighted by Gasteiger charge is 2.18. The number of unbranched alkanes of at least 4 members (excludes halogenated alkanes) is 9. The molecule has 0 saturated carbocycles. The summed E-state index contributed by atoms with van der Waals surface area (Å²) < 4.78 is 16.1. The highest BCUT2D eigenvalue weighted by Crippen LogP contribution is 2.16. The van der Waals surface area contributed by atoms with Crippen LogP contribution >= 0.6 is 0 Å². The van der Waals surface area contributed by atoms with Crippen LogP contribution in [0.1, 0.15) is 125 Å². The summed E-state index contributed by atoms with van der Waals surface area (Å²) in [5.41, 5.74) is 2.49. The fraction of sp³-hybridized carbons (Fsp3) is 0.629. The van der Waals surface area contributed by atoms with Crippen LogP contribution in [0, 0.1) is 11.8 Å². The first-order valence-electron chi connectivity index (χ1n) is 15.3. The van der Waals surface area contributed by atoms with E-state index in [0.717, 1.165) is 36.8 Å². The van der Waals surface area contributed by atoms with E-state index < -0.39 is 18.0 Å². The van der Waals surface area contributed by atoms with Gasteiger partial charge in [-0.3, -0.25) is 14.4 Å². The second kappa shape index (κ2) is 25.9. The molecule has 0 aromatic carbocycles. The van der Waals surface area contributed by atoms with Gasteiger partial charge in [0.25, 0.3) is 0 Å². The number of carbonyl (C=O) groups is 3. The molecule has 0 bridgehead atoms. The van der Waals surface area contributed by atoms with Crippen LogP contribution in [0.2, 0.25) is 0 Å². The molecule has 0 aliphatic rings. The predicted molar refractivity (Wildman–Crippen MR) is 167 cm³/mol. The third-order valence-electron chi connectivity index (χ3n) is 6.16. The molecule has 1 atom stereocenters. The quantitative estimate of drug-likeness (QED) is 0.0452. The van der Waals surface area contributed by atoms with Gasteiger partial charge >= 0.3 is 17.9 Å². The SMILES string of the molecule is CCCCCC/C=C/CCCCCCCC(=O)OC/C=C(\COC(C)=O)C(C/C=C(\C)C#CC=C(C)C)OC(C)=O. The van der Waals surface area contributed by atoms with Crippen molar-refractivity contribution in [2.45, 2.75) is 131 Å². The molecule has 0 aromatic rings. The summed E-state index contributed by atoms with van der Waals surface area (Å²) in [4.78, 5) is 35.4. The molecule has 0 rings (SSSR count). The Morgan fingerprint density at radius 1 is 0.756 bits per heavy atom. The Balaban J connectivity index is 4.68. The van der Waals surface area contributed by atoms with Gasteiger partial charge in [0, 0.05) is 32.3 Å². The number of allylic oxidation sites excluding steroid dienone is 5. The minimum absolute atomic E-state index is 0.0149. The second-order valence-corrected chi connectivity index (χ2v) is 10.6. The van der Waals surface area contributed by atoms with Crippen molar-refractivity contribution in [2.75, 3.05) is 13.2 Å². The van der Waals surface area contributed by atoms with Crippen LogP contribution in [0.5, 0.6) is 0 Å². The zero-order valence-electron chi connectivity index (χ0n) is 26.5. The van der Waals surface area contributed by atoms with Crippen molar-refractivity contribution in [3.05, 3.63) is 47.1 Å². The van der Waals surface area contributed by atoms with Crippen molar-refractivity contribution in [2.24, 2.45) is 0 Å². The van der Waals surface area contributed by atoms with Gasteiger partial charge in [-0.15, -0.1) is 0 Å². The first-order chi connectivity index (χ1) is 19.6. The summed E-state index contributed by atoms with van der Waals surface area (Å²) in [5, 5.41) is 0. The van der Waals surface area contributed by atoms with Crippen LogP contribution in [0.3, 0.4) is 0 Å². The summed E-state index contributed by atoms with van der Waals surface area (Å²) >= 11 is 0. The summed E-state index contributed by atoms with van der Waals surface area (Å²) in [7, 11) is 0. The molecule has 0 aromatic heterocycles. The fourth-order valence-corrected chi connectivity index (χ4v) is 3.87. The Morgan fingerprint density at radius 3 is 2.00 bits per heavy atom. The van der Waals surface area contributed by atoms with Crippen molar-refractivity contribution < 1.29 is 28.6 Å². The molecule has 6 heteroatoms. The molecule has 0 amide bonds. The maximum absolute atomic E-state index is 12.2. The molecule has 0 aliphatic heterocycles. The Hall–Kier alpha value is -3.07. The third-order valence-corrected chi connectivity index (χ3v) is 6.16. The monoisotopic (exact) mass is 570 g/mol. The van der Waals surface area contributed by atoms with Crippen molar-refractivity contribution >= 4 is 17.9 Å². The minimum Gasteiger partial charge on any atom is -0.461 e. The molecule has 230 valence electrons. The van der Waals surface area contributed by atoms with Crippen LogP contribution in [-0.4, -0.2) is 37.2 Å². The first kappa shape index (κ1) is 37.9. The largest absolute Gasteiger partial charge is 0.461 e. The van der Waals surface area contributed by atoms with E-state index in [4.69, 9.17) is 14.2 Å². The molecule has 0 aliphatic carbocycles. The number of ether oxygens (including phenoxy) is 3. The van der Waals surface area contributed by atoms with Crippen LogP contribution in [0.25, 0.3) is 0 Å². The highest BCUT2D eigenvalue weighted by atomic mass is 16.6. The average molecular weight is 571 g/mol. The summed E-state index contributed by atoms with van der Waals surface area (Å²) in [5.74, 6) is 4.84. The molecule has 1 unspecified atom stereocenters. The van der Waals surface area contributed by atoms with E-state index in [0.29, 0.717) is 18.4 Å². The minimum atomic E-state index is -0.665. The fourth-order valence-electron chi connectivity index (χ4n) is 3.87. The van der Waals surface area contributed by atoms with Crippen LogP contribution in [0.4, 0.5) is 0 Å². The van der Waals surface area contributed by atoms with Crippen LogP contribution in [0.15, 0.2) is 47.1 Å². The number of hydrogen-bond acceptors (Lipinski definition) is 6. The van der Waals surface area contributed by atoms with Crippen LogP contribution in [-0.2, 0) is 28.6 Å². The molecule has 0 saturated heterocycles. The lowest BCUT2D eigenvalue weighted by atomic mass is 10.1. The van der Waals surface area contributed by atoms with Gasteiger partial charge in [-0.1, -0.05) is 81.1 Å². The Bertz CT molecular complexity index is 937. The molecular formula is C35H54O6. The Labute approximate surface area is 249 Å². The lowest BCUT2D eigenvalue weighted by Gasteiger charge is -2.19. The van der Waals surface area contributed by atoms with Crippen molar-refractivity contribution in [3.8, 4) is 11.8 Å². The molecule has 41 heavy (non-hydrogen) atoms. The first-order valence-corrected chi connectivity index (χ1v) is 15.3. The van der Waals surface area contributed by atoms with Crippen molar-refractivity contribution in [3.63, 3.8) is 0 Å². The molecule has 0 heterocycles. The third kappa shape index (κ3) is 25.6. The van der Waals surface area contributed by atoms with E-state index in [1.807, 2.05) is 32.9 Å². The Morgan fingerprint density at radius 2 is 1.39 bits per heavy atom. The second-order valence-electron chi connectivity index (χ2n) is 10.6. The van der Waals surface area contributed by atoms with Gasteiger partial charge in [0.15, 0.2) is 0 Å². The van der Waals surface area contributed by atoms with E-state index >= 15 is 0 Å². The molecular weight excluding hydrogens is 516 g/mol. The van der Waals surface area contributed by atoms with E-state index in [1.165, 1.54) is 58.8 Å². The lowest BCUT2D eigenvalue weighted by molar-refractivity contribution is -0.146. The summed E-state index contributed by atoms with van der Waals surface area (Å²) in [6, 6.07) is 0.